The summed E-state index contributed by atoms with van der Waals surface area (Å²) >= 11 is 1.50. The number of carbonyl (C=O) groups is 2. The first kappa shape index (κ1) is 16.4. The smallest absolute Gasteiger partial charge is 0.347 e. The van der Waals surface area contributed by atoms with Gasteiger partial charge in [0.25, 0.3) is 0 Å². The SMILES string of the molecule is CCCCOC(=O)[C@H](C)OC(=O)/C=C/c1csc(C)n1. The molecule has 0 aliphatic heterocycles. The average molecular weight is 297 g/mol. The van der Waals surface area contributed by atoms with Crippen LogP contribution in [0.15, 0.2) is 11.5 Å². The molecule has 1 aromatic heterocycles. The highest BCUT2D eigenvalue weighted by molar-refractivity contribution is 7.09. The largest absolute Gasteiger partial charge is 0.463 e. The number of nitrogens with zero attached hydrogens (tertiary/aromatic N) is 1. The van der Waals surface area contributed by atoms with E-state index < -0.39 is 18.0 Å². The van der Waals surface area contributed by atoms with Crippen molar-refractivity contribution in [2.45, 2.75) is 39.7 Å². The fraction of sp³-hybridized carbons (Fsp3) is 0.500. The van der Waals surface area contributed by atoms with Gasteiger partial charge in [-0.2, -0.15) is 0 Å². The normalized spacial score (nSPS) is 12.3. The van der Waals surface area contributed by atoms with Gasteiger partial charge in [-0.1, -0.05) is 13.3 Å². The Morgan fingerprint density at radius 1 is 1.50 bits per heavy atom. The van der Waals surface area contributed by atoms with Gasteiger partial charge in [-0.15, -0.1) is 11.3 Å². The Bertz CT molecular complexity index is 481. The Morgan fingerprint density at radius 2 is 2.25 bits per heavy atom. The van der Waals surface area contributed by atoms with Crippen LogP contribution in [0.3, 0.4) is 0 Å². The van der Waals surface area contributed by atoms with Crippen molar-refractivity contribution in [2.24, 2.45) is 0 Å². The van der Waals surface area contributed by atoms with E-state index >= 15 is 0 Å². The van der Waals surface area contributed by atoms with Crippen molar-refractivity contribution >= 4 is 29.4 Å². The van der Waals surface area contributed by atoms with Crippen LogP contribution in [0.4, 0.5) is 0 Å². The molecule has 0 amide bonds. The molecular weight excluding hydrogens is 278 g/mol. The molecule has 0 aromatic carbocycles. The van der Waals surface area contributed by atoms with E-state index in [0.29, 0.717) is 12.3 Å². The Morgan fingerprint density at radius 3 is 2.85 bits per heavy atom. The van der Waals surface area contributed by atoms with Crippen LogP contribution in [0.25, 0.3) is 6.08 Å². The molecular formula is C14H19NO4S. The van der Waals surface area contributed by atoms with Crippen LogP contribution >= 0.6 is 11.3 Å². The fourth-order valence-electron chi connectivity index (χ4n) is 1.31. The number of aryl methyl sites for hydroxylation is 1. The number of thiazole rings is 1. The highest BCUT2D eigenvalue weighted by Gasteiger charge is 2.17. The number of carbonyl (C=O) groups excluding carboxylic acids is 2. The maximum Gasteiger partial charge on any atom is 0.347 e. The minimum absolute atomic E-state index is 0.352. The second-order valence-electron chi connectivity index (χ2n) is 4.22. The molecule has 0 saturated heterocycles. The number of hydrogen-bond acceptors (Lipinski definition) is 6. The van der Waals surface area contributed by atoms with Crippen LogP contribution in [-0.4, -0.2) is 29.6 Å². The molecule has 0 spiro atoms. The average Bonchev–Trinajstić information content (AvgIpc) is 2.82. The maximum atomic E-state index is 11.5. The molecule has 0 unspecified atom stereocenters. The molecule has 1 heterocycles. The number of aromatic nitrogens is 1. The van der Waals surface area contributed by atoms with Gasteiger partial charge in [0.15, 0.2) is 6.10 Å². The lowest BCUT2D eigenvalue weighted by molar-refractivity contribution is -0.163. The third-order valence-corrected chi connectivity index (χ3v) is 3.19. The van der Waals surface area contributed by atoms with Crippen molar-refractivity contribution in [2.75, 3.05) is 6.61 Å². The minimum atomic E-state index is -0.902. The fourth-order valence-corrected chi connectivity index (χ4v) is 1.89. The van der Waals surface area contributed by atoms with E-state index in [4.69, 9.17) is 9.47 Å². The minimum Gasteiger partial charge on any atom is -0.463 e. The summed E-state index contributed by atoms with van der Waals surface area (Å²) in [5, 5.41) is 2.76. The van der Waals surface area contributed by atoms with Crippen LogP contribution in [0.1, 0.15) is 37.4 Å². The molecule has 5 nitrogen and oxygen atoms in total. The van der Waals surface area contributed by atoms with Gasteiger partial charge in [0, 0.05) is 11.5 Å². The molecule has 0 bridgehead atoms. The topological polar surface area (TPSA) is 65.5 Å². The molecule has 0 saturated carbocycles. The second-order valence-corrected chi connectivity index (χ2v) is 5.29. The van der Waals surface area contributed by atoms with Gasteiger partial charge < -0.3 is 9.47 Å². The van der Waals surface area contributed by atoms with Gasteiger partial charge >= 0.3 is 11.9 Å². The van der Waals surface area contributed by atoms with Crippen molar-refractivity contribution in [3.8, 4) is 0 Å². The standard InChI is InChI=1S/C14H19NO4S/c1-4-5-8-18-14(17)10(2)19-13(16)7-6-12-9-20-11(3)15-12/h6-7,9-10H,4-5,8H2,1-3H3/b7-6+/t10-/m0/s1. The summed E-state index contributed by atoms with van der Waals surface area (Å²) < 4.78 is 9.91. The van der Waals surface area contributed by atoms with E-state index in [1.54, 1.807) is 6.08 Å². The predicted octanol–water partition coefficient (Wildman–Crippen LogP) is 2.74. The van der Waals surface area contributed by atoms with Gasteiger partial charge in [-0.05, 0) is 26.3 Å². The maximum absolute atomic E-state index is 11.5. The van der Waals surface area contributed by atoms with Gasteiger partial charge in [0.1, 0.15) is 0 Å². The second kappa shape index (κ2) is 8.47. The highest BCUT2D eigenvalue weighted by atomic mass is 32.1. The Kier molecular flexibility index (Phi) is 6.93. The van der Waals surface area contributed by atoms with Crippen molar-refractivity contribution < 1.29 is 19.1 Å². The van der Waals surface area contributed by atoms with E-state index in [0.717, 1.165) is 17.8 Å². The van der Waals surface area contributed by atoms with Crippen molar-refractivity contribution in [1.82, 2.24) is 4.98 Å². The summed E-state index contributed by atoms with van der Waals surface area (Å²) in [6, 6.07) is 0. The molecule has 0 aliphatic rings. The summed E-state index contributed by atoms with van der Waals surface area (Å²) in [5.74, 6) is -1.11. The number of hydrogen-bond donors (Lipinski definition) is 0. The Balaban J connectivity index is 2.37. The van der Waals surface area contributed by atoms with Crippen molar-refractivity contribution in [1.29, 1.82) is 0 Å². The number of unbranched alkanes of at least 4 members (excludes halogenated alkanes) is 1. The molecule has 0 radical (unpaired) electrons. The molecule has 6 heteroatoms. The molecule has 110 valence electrons. The van der Waals surface area contributed by atoms with E-state index in [1.165, 1.54) is 24.3 Å². The van der Waals surface area contributed by atoms with Gasteiger partial charge in [0.2, 0.25) is 0 Å². The van der Waals surface area contributed by atoms with Crippen LogP contribution in [0, 0.1) is 6.92 Å². The highest BCUT2D eigenvalue weighted by Crippen LogP contribution is 2.09. The molecule has 1 aromatic rings. The summed E-state index contributed by atoms with van der Waals surface area (Å²) in [6.45, 7) is 5.73. The van der Waals surface area contributed by atoms with Crippen LogP contribution in [0.5, 0.6) is 0 Å². The molecule has 0 fully saturated rings. The summed E-state index contributed by atoms with van der Waals surface area (Å²) in [7, 11) is 0. The van der Waals surface area contributed by atoms with Crippen LogP contribution < -0.4 is 0 Å². The van der Waals surface area contributed by atoms with Crippen LogP contribution in [0.2, 0.25) is 0 Å². The first-order chi connectivity index (χ1) is 9.52. The summed E-state index contributed by atoms with van der Waals surface area (Å²) in [4.78, 5) is 27.2. The molecule has 20 heavy (non-hydrogen) atoms. The zero-order chi connectivity index (χ0) is 15.0. The summed E-state index contributed by atoms with van der Waals surface area (Å²) in [6.07, 6.45) is 3.65. The Hall–Kier alpha value is -1.69. The molecule has 0 N–H and O–H groups in total. The third kappa shape index (κ3) is 5.97. The molecule has 0 aliphatic carbocycles. The number of rotatable bonds is 7. The lowest BCUT2D eigenvalue weighted by Gasteiger charge is -2.11. The first-order valence-corrected chi connectivity index (χ1v) is 7.38. The van der Waals surface area contributed by atoms with Gasteiger partial charge in [0.05, 0.1) is 17.3 Å². The zero-order valence-corrected chi connectivity index (χ0v) is 12.7. The first-order valence-electron chi connectivity index (χ1n) is 6.50. The lowest BCUT2D eigenvalue weighted by atomic mass is 10.3. The zero-order valence-electron chi connectivity index (χ0n) is 11.9. The Labute approximate surface area is 122 Å². The summed E-state index contributed by atoms with van der Waals surface area (Å²) in [5.41, 5.74) is 0.697. The lowest BCUT2D eigenvalue weighted by Crippen LogP contribution is -2.25. The van der Waals surface area contributed by atoms with E-state index in [9.17, 15) is 9.59 Å². The van der Waals surface area contributed by atoms with Crippen molar-refractivity contribution in [3.63, 3.8) is 0 Å². The number of ether oxygens (including phenoxy) is 2. The van der Waals surface area contributed by atoms with Gasteiger partial charge in [-0.25, -0.2) is 14.6 Å². The third-order valence-electron chi connectivity index (χ3n) is 2.39. The van der Waals surface area contributed by atoms with E-state index in [2.05, 4.69) is 4.98 Å². The van der Waals surface area contributed by atoms with Gasteiger partial charge in [-0.3, -0.25) is 0 Å². The van der Waals surface area contributed by atoms with E-state index in [-0.39, 0.29) is 0 Å². The number of esters is 2. The monoisotopic (exact) mass is 297 g/mol. The predicted molar refractivity (Wildman–Crippen MR) is 77.3 cm³/mol. The van der Waals surface area contributed by atoms with Crippen molar-refractivity contribution in [3.05, 3.63) is 22.2 Å². The molecule has 1 rings (SSSR count). The van der Waals surface area contributed by atoms with E-state index in [1.807, 2.05) is 19.2 Å². The molecule has 1 atom stereocenters. The quantitative estimate of drug-likeness (QED) is 0.440. The van der Waals surface area contributed by atoms with Crippen LogP contribution in [-0.2, 0) is 19.1 Å².